The van der Waals surface area contributed by atoms with Gasteiger partial charge in [-0.2, -0.15) is 18.2 Å². The van der Waals surface area contributed by atoms with Crippen molar-refractivity contribution in [2.75, 3.05) is 0 Å². The summed E-state index contributed by atoms with van der Waals surface area (Å²) in [7, 11) is 0. The van der Waals surface area contributed by atoms with Crippen molar-refractivity contribution in [3.8, 4) is 50.9 Å². The van der Waals surface area contributed by atoms with Crippen LogP contribution in [0.1, 0.15) is 69.2 Å². The molecule has 0 saturated heterocycles. The second kappa shape index (κ2) is 17.2. The van der Waals surface area contributed by atoms with E-state index in [0.717, 1.165) is 28.5 Å². The maximum atomic E-state index is 9.09. The summed E-state index contributed by atoms with van der Waals surface area (Å²) in [6, 6.07) is 29.9. The van der Waals surface area contributed by atoms with Gasteiger partial charge in [0, 0.05) is 52.7 Å². The van der Waals surface area contributed by atoms with E-state index >= 15 is 0 Å². The molecule has 0 aliphatic carbocycles. The summed E-state index contributed by atoms with van der Waals surface area (Å²) >= 11 is 0. The topological polar surface area (TPSA) is 48.8 Å². The first-order valence-corrected chi connectivity index (χ1v) is 20.6. The first-order chi connectivity index (χ1) is 35.4. The third-order valence-corrected chi connectivity index (χ3v) is 10.3. The van der Waals surface area contributed by atoms with E-state index in [1.165, 1.54) is 0 Å². The summed E-state index contributed by atoms with van der Waals surface area (Å²) in [6.45, 7) is 12.1. The summed E-state index contributed by atoms with van der Waals surface area (Å²) in [6.07, 6.45) is 4.05. The van der Waals surface area contributed by atoms with Gasteiger partial charge >= 0.3 is 0 Å². The molecule has 4 aromatic heterocycles. The van der Waals surface area contributed by atoms with Crippen molar-refractivity contribution < 1.29 is 46.8 Å². The molecule has 0 N–H and O–H groups in total. The average Bonchev–Trinajstić information content (AvgIpc) is 3.91. The fraction of sp³-hybridized carbons (Fsp3) is 0.175. The number of fused-ring (bicyclic) bond motifs is 4. The van der Waals surface area contributed by atoms with E-state index in [1.807, 2.05) is 55.7 Å². The molecule has 0 amide bonds. The number of benzene rings is 6. The quantitative estimate of drug-likeness (QED) is 0.107. The molecule has 0 unspecified atom stereocenters. The number of hydrogen-bond donors (Lipinski definition) is 0. The number of pyridine rings is 2. The predicted molar refractivity (Wildman–Crippen MR) is 255 cm³/mol. The van der Waals surface area contributed by atoms with Crippen molar-refractivity contribution in [3.63, 3.8) is 0 Å². The van der Waals surface area contributed by atoms with Crippen molar-refractivity contribution in [1.82, 2.24) is 19.1 Å². The van der Waals surface area contributed by atoms with Crippen LogP contribution < -0.4 is 9.30 Å². The van der Waals surface area contributed by atoms with Crippen LogP contribution in [0.15, 0.2) is 164 Å². The zero-order valence-electron chi connectivity index (χ0n) is 48.0. The van der Waals surface area contributed by atoms with Gasteiger partial charge in [-0.15, -0.1) is 24.3 Å². The maximum Gasteiger partial charge on any atom is 0.268 e. The third kappa shape index (κ3) is 8.55. The SMILES string of the molecule is [2H]c1c([2H])c([2H])c(-c2cccc(-c3c([2H])c([2H])c([2H])c([2H])c3[2H])c2-[n+]2[c-]n(-c3[c-]c(Oc4[c-]c5c(cc4)c4nc(CC(C)(C)C)ccc4n5-c4cc(C([2H])([2H])C(C)(C)C)ccn4)ccc3)c3ccccc32)c([2H])c1[2H].[Pt]. The fourth-order valence-electron chi connectivity index (χ4n) is 7.92. The van der Waals surface area contributed by atoms with Gasteiger partial charge in [-0.25, -0.2) is 4.98 Å². The summed E-state index contributed by atoms with van der Waals surface area (Å²) < 4.78 is 117. The van der Waals surface area contributed by atoms with Gasteiger partial charge in [-0.1, -0.05) is 155 Å². The molecule has 0 radical (unpaired) electrons. The van der Waals surface area contributed by atoms with Crippen LogP contribution in [-0.2, 0) is 33.9 Å². The van der Waals surface area contributed by atoms with E-state index in [4.69, 9.17) is 31.2 Å². The summed E-state index contributed by atoms with van der Waals surface area (Å²) in [4.78, 5) is 9.91. The second-order valence-corrected chi connectivity index (χ2v) is 17.6. The third-order valence-electron chi connectivity index (χ3n) is 10.3. The molecule has 6 aromatic carbocycles. The molecule has 7 heteroatoms. The van der Waals surface area contributed by atoms with Crippen LogP contribution in [0.25, 0.3) is 72.4 Å². The number of hydrogen-bond acceptors (Lipinski definition) is 3. The van der Waals surface area contributed by atoms with E-state index in [2.05, 4.69) is 39.2 Å². The van der Waals surface area contributed by atoms with E-state index in [0.29, 0.717) is 45.1 Å². The smallest absolute Gasteiger partial charge is 0.268 e. The number of aromatic nitrogens is 5. The molecule has 10 aromatic rings. The maximum absolute atomic E-state index is 9.09. The molecule has 0 spiro atoms. The van der Waals surface area contributed by atoms with Crippen LogP contribution in [0.3, 0.4) is 0 Å². The number of ether oxygens (including phenoxy) is 1. The Labute approximate surface area is 407 Å². The Bertz CT molecular complexity index is 3840. The van der Waals surface area contributed by atoms with Crippen molar-refractivity contribution in [1.29, 1.82) is 0 Å². The molecular weight excluding hydrogens is 966 g/mol. The first kappa shape index (κ1) is 30.5. The molecule has 10 rings (SSSR count). The minimum absolute atomic E-state index is 0. The Morgan fingerprint density at radius 2 is 1.39 bits per heavy atom. The van der Waals surface area contributed by atoms with E-state index < -0.39 is 72.2 Å². The standard InChI is InChI=1S/C57H49N5O.Pt/c1-56(2,3)36-39-31-32-58-53(33-39)62-51-30-27-42(37-57(4,5)6)59-54(51)48-29-28-45(35-52(48)62)63-44-22-15-21-43(34-44)60-38-61(50-26-14-13-25-49(50)60)55-46(40-17-9-7-10-18-40)23-16-24-47(55)41-19-11-8-12-20-41;/h7-33H,36-37H2,1-6H3;/q-2;/i7D,8D,9D,10D,11D,12D,17D,18D,19D,20D,36D2;. The zero-order valence-corrected chi connectivity index (χ0v) is 38.3. The van der Waals surface area contributed by atoms with Crippen LogP contribution in [0.5, 0.6) is 11.5 Å². The zero-order chi connectivity index (χ0) is 53.8. The number of para-hydroxylation sites is 3. The molecule has 6 nitrogen and oxygen atoms in total. The largest absolute Gasteiger partial charge is 0.510 e. The first-order valence-electron chi connectivity index (χ1n) is 26.6. The van der Waals surface area contributed by atoms with Crippen molar-refractivity contribution in [2.24, 2.45) is 10.8 Å². The Hall–Kier alpha value is -6.62. The van der Waals surface area contributed by atoms with Crippen LogP contribution in [0.4, 0.5) is 0 Å². The van der Waals surface area contributed by atoms with Gasteiger partial charge in [0.05, 0.1) is 35.9 Å². The van der Waals surface area contributed by atoms with E-state index in [-0.39, 0.29) is 54.4 Å². The Morgan fingerprint density at radius 1 is 0.703 bits per heavy atom. The Morgan fingerprint density at radius 3 is 2.09 bits per heavy atom. The van der Waals surface area contributed by atoms with Gasteiger partial charge in [0.25, 0.3) is 6.33 Å². The number of nitrogens with zero attached hydrogens (tertiary/aromatic N) is 5. The van der Waals surface area contributed by atoms with Crippen LogP contribution in [-0.4, -0.2) is 19.1 Å². The van der Waals surface area contributed by atoms with E-state index in [9.17, 15) is 0 Å². The van der Waals surface area contributed by atoms with Crippen molar-refractivity contribution in [3.05, 3.63) is 193 Å². The second-order valence-electron chi connectivity index (χ2n) is 17.6. The Balaban J connectivity index is 0.00000706. The van der Waals surface area contributed by atoms with Crippen molar-refractivity contribution in [2.45, 2.75) is 54.3 Å². The van der Waals surface area contributed by atoms with Crippen molar-refractivity contribution >= 4 is 33.0 Å². The minimum atomic E-state index is -1.69. The number of imidazole rings is 1. The van der Waals surface area contributed by atoms with Gasteiger partial charge < -0.3 is 13.9 Å². The monoisotopic (exact) mass is 1030 g/mol. The summed E-state index contributed by atoms with van der Waals surface area (Å²) in [5, 5.41) is 0.793. The number of rotatable bonds is 9. The normalized spacial score (nSPS) is 14.8. The van der Waals surface area contributed by atoms with Crippen LogP contribution in [0.2, 0.25) is 0 Å². The minimum Gasteiger partial charge on any atom is -0.510 e. The molecule has 4 heterocycles. The molecule has 0 bridgehead atoms. The molecule has 0 aliphatic heterocycles. The van der Waals surface area contributed by atoms with Gasteiger partial charge in [-0.05, 0) is 81.4 Å². The van der Waals surface area contributed by atoms with E-state index in [1.54, 1.807) is 82.1 Å². The molecule has 64 heavy (non-hydrogen) atoms. The summed E-state index contributed by atoms with van der Waals surface area (Å²) in [5.41, 5.74) is 4.38. The van der Waals surface area contributed by atoms with Gasteiger partial charge in [0.1, 0.15) is 5.82 Å². The Kier molecular flexibility index (Phi) is 8.17. The molecule has 0 atom stereocenters. The van der Waals surface area contributed by atoms with Gasteiger partial charge in [0.2, 0.25) is 0 Å². The van der Waals surface area contributed by atoms with Crippen LogP contribution >= 0.6 is 0 Å². The van der Waals surface area contributed by atoms with Gasteiger partial charge in [-0.3, -0.25) is 9.55 Å². The fourth-order valence-corrected chi connectivity index (χ4v) is 7.92. The average molecular weight is 1030 g/mol. The van der Waals surface area contributed by atoms with Gasteiger partial charge in [0.15, 0.2) is 0 Å². The molecule has 320 valence electrons. The molecule has 0 saturated carbocycles. The predicted octanol–water partition coefficient (Wildman–Crippen LogP) is 13.5. The molecule has 0 aliphatic rings. The van der Waals surface area contributed by atoms with Crippen LogP contribution in [0, 0.1) is 29.3 Å². The molecule has 0 fully saturated rings. The molecular formula is C57H49N5OPt-2. The summed E-state index contributed by atoms with van der Waals surface area (Å²) in [5.74, 6) is 1.12.